The van der Waals surface area contributed by atoms with Crippen LogP contribution in [0.2, 0.25) is 0 Å². The molecule has 0 bridgehead atoms. The van der Waals surface area contributed by atoms with E-state index in [0.717, 1.165) is 11.8 Å². The fraction of sp³-hybridized carbons (Fsp3) is 0.800. The van der Waals surface area contributed by atoms with Crippen molar-refractivity contribution in [3.63, 3.8) is 0 Å². The van der Waals surface area contributed by atoms with Crippen molar-refractivity contribution in [2.24, 2.45) is 13.0 Å². The average Bonchev–Trinajstić information content (AvgIpc) is 2.87. The minimum absolute atomic E-state index is 0.734. The lowest BCUT2D eigenvalue weighted by molar-refractivity contribution is 0.167. The second-order valence-corrected chi connectivity index (χ2v) is 6.22. The van der Waals surface area contributed by atoms with Gasteiger partial charge in [0.1, 0.15) is 0 Å². The summed E-state index contributed by atoms with van der Waals surface area (Å²) < 4.78 is 1.93. The Morgan fingerprint density at radius 1 is 1.21 bits per heavy atom. The molecule has 0 unspecified atom stereocenters. The Labute approximate surface area is 116 Å². The number of piperidine rings is 2. The van der Waals surface area contributed by atoms with Gasteiger partial charge in [0.15, 0.2) is 0 Å². The summed E-state index contributed by atoms with van der Waals surface area (Å²) in [5.74, 6) is 1.66. The summed E-state index contributed by atoms with van der Waals surface area (Å²) in [4.78, 5) is 2.68. The summed E-state index contributed by atoms with van der Waals surface area (Å²) in [7, 11) is 2.01. The molecule has 3 rings (SSSR count). The summed E-state index contributed by atoms with van der Waals surface area (Å²) in [5, 5.41) is 7.76. The van der Waals surface area contributed by atoms with Gasteiger partial charge in [-0.2, -0.15) is 5.10 Å². The van der Waals surface area contributed by atoms with Gasteiger partial charge in [-0.25, -0.2) is 0 Å². The van der Waals surface area contributed by atoms with Gasteiger partial charge < -0.3 is 10.2 Å². The van der Waals surface area contributed by atoms with Crippen LogP contribution in [0.5, 0.6) is 0 Å². The van der Waals surface area contributed by atoms with E-state index in [-0.39, 0.29) is 0 Å². The predicted molar refractivity (Wildman–Crippen MR) is 77.2 cm³/mol. The van der Waals surface area contributed by atoms with Crippen molar-refractivity contribution < 1.29 is 0 Å². The molecule has 2 aliphatic heterocycles. The molecular weight excluding hydrogens is 236 g/mol. The first kappa shape index (κ1) is 13.1. The van der Waals surface area contributed by atoms with E-state index >= 15 is 0 Å². The molecule has 0 atom stereocenters. The summed E-state index contributed by atoms with van der Waals surface area (Å²) in [6.07, 6.45) is 9.57. The molecule has 0 aromatic carbocycles. The van der Waals surface area contributed by atoms with Gasteiger partial charge in [0.2, 0.25) is 0 Å². The van der Waals surface area contributed by atoms with Crippen molar-refractivity contribution in [3.05, 3.63) is 18.0 Å². The summed E-state index contributed by atoms with van der Waals surface area (Å²) in [6.45, 7) is 6.29. The zero-order valence-electron chi connectivity index (χ0n) is 12.0. The van der Waals surface area contributed by atoms with E-state index in [2.05, 4.69) is 21.5 Å². The van der Waals surface area contributed by atoms with Gasteiger partial charge in [-0.1, -0.05) is 0 Å². The fourth-order valence-electron chi connectivity index (χ4n) is 3.53. The van der Waals surface area contributed by atoms with Crippen LogP contribution in [-0.2, 0) is 7.05 Å². The maximum Gasteiger partial charge on any atom is 0.0524 e. The third-order valence-corrected chi connectivity index (χ3v) is 4.76. The Kier molecular flexibility index (Phi) is 4.18. The van der Waals surface area contributed by atoms with E-state index in [1.807, 2.05) is 17.9 Å². The van der Waals surface area contributed by atoms with Crippen LogP contribution < -0.4 is 5.32 Å². The maximum atomic E-state index is 4.30. The van der Waals surface area contributed by atoms with Crippen molar-refractivity contribution in [2.45, 2.75) is 31.6 Å². The minimum Gasteiger partial charge on any atom is -0.317 e. The largest absolute Gasteiger partial charge is 0.317 e. The lowest BCUT2D eigenvalue weighted by Crippen LogP contribution is -2.39. The van der Waals surface area contributed by atoms with E-state index in [1.54, 1.807) is 0 Å². The lowest BCUT2D eigenvalue weighted by atomic mass is 9.90. The average molecular weight is 262 g/mol. The molecule has 19 heavy (non-hydrogen) atoms. The third-order valence-electron chi connectivity index (χ3n) is 4.76. The molecule has 0 spiro atoms. The fourth-order valence-corrected chi connectivity index (χ4v) is 3.53. The number of nitrogens with one attached hydrogen (secondary N) is 1. The molecule has 4 nitrogen and oxygen atoms in total. The van der Waals surface area contributed by atoms with Crippen LogP contribution >= 0.6 is 0 Å². The first-order valence-electron chi connectivity index (χ1n) is 7.73. The first-order valence-corrected chi connectivity index (χ1v) is 7.73. The molecule has 2 fully saturated rings. The van der Waals surface area contributed by atoms with Gasteiger partial charge in [-0.3, -0.25) is 4.68 Å². The summed E-state index contributed by atoms with van der Waals surface area (Å²) >= 11 is 0. The molecule has 4 heteroatoms. The Morgan fingerprint density at radius 2 is 1.95 bits per heavy atom. The monoisotopic (exact) mass is 262 g/mol. The lowest BCUT2D eigenvalue weighted by Gasteiger charge is -2.35. The molecule has 106 valence electrons. The zero-order valence-corrected chi connectivity index (χ0v) is 12.0. The van der Waals surface area contributed by atoms with E-state index in [4.69, 9.17) is 0 Å². The number of likely N-dealkylation sites (tertiary alicyclic amines) is 1. The van der Waals surface area contributed by atoms with Gasteiger partial charge in [0.25, 0.3) is 0 Å². The van der Waals surface area contributed by atoms with Crippen molar-refractivity contribution >= 4 is 0 Å². The number of rotatable bonds is 3. The highest BCUT2D eigenvalue weighted by atomic mass is 15.2. The van der Waals surface area contributed by atoms with E-state index < -0.39 is 0 Å². The van der Waals surface area contributed by atoms with Crippen molar-refractivity contribution in [2.75, 3.05) is 32.7 Å². The number of hydrogen-bond donors (Lipinski definition) is 1. The van der Waals surface area contributed by atoms with Crippen molar-refractivity contribution in [3.8, 4) is 0 Å². The van der Waals surface area contributed by atoms with Crippen LogP contribution in [-0.4, -0.2) is 47.4 Å². The predicted octanol–water partition coefficient (Wildman–Crippen LogP) is 1.60. The van der Waals surface area contributed by atoms with Gasteiger partial charge in [-0.05, 0) is 69.3 Å². The molecule has 1 aromatic rings. The number of hydrogen-bond acceptors (Lipinski definition) is 3. The topological polar surface area (TPSA) is 33.1 Å². The van der Waals surface area contributed by atoms with Crippen LogP contribution in [0.15, 0.2) is 12.4 Å². The molecule has 1 N–H and O–H groups in total. The molecule has 2 aliphatic rings. The van der Waals surface area contributed by atoms with Crippen molar-refractivity contribution in [1.29, 1.82) is 0 Å². The standard InChI is InChI=1S/C15H26N4/c1-18-12-15(10-17-18)14-4-8-19(9-5-14)11-13-2-6-16-7-3-13/h10,12-14,16H,2-9,11H2,1H3. The van der Waals surface area contributed by atoms with Crippen LogP contribution in [0, 0.1) is 5.92 Å². The third kappa shape index (κ3) is 3.37. The molecule has 2 saturated heterocycles. The molecule has 0 amide bonds. The highest BCUT2D eigenvalue weighted by Gasteiger charge is 2.24. The summed E-state index contributed by atoms with van der Waals surface area (Å²) in [5.41, 5.74) is 1.43. The number of nitrogens with zero attached hydrogens (tertiary/aromatic N) is 3. The maximum absolute atomic E-state index is 4.30. The normalized spacial score (nSPS) is 23.8. The van der Waals surface area contributed by atoms with Crippen LogP contribution in [0.25, 0.3) is 0 Å². The molecule has 0 saturated carbocycles. The molecule has 1 aromatic heterocycles. The van der Waals surface area contributed by atoms with Gasteiger partial charge >= 0.3 is 0 Å². The highest BCUT2D eigenvalue weighted by Crippen LogP contribution is 2.28. The number of aromatic nitrogens is 2. The first-order chi connectivity index (χ1) is 9.31. The summed E-state index contributed by atoms with van der Waals surface area (Å²) in [6, 6.07) is 0. The Balaban J connectivity index is 1.46. The Hall–Kier alpha value is -0.870. The van der Waals surface area contributed by atoms with E-state index in [9.17, 15) is 0 Å². The van der Waals surface area contributed by atoms with E-state index in [1.165, 1.54) is 64.0 Å². The van der Waals surface area contributed by atoms with E-state index in [0.29, 0.717) is 0 Å². The molecule has 0 aliphatic carbocycles. The smallest absolute Gasteiger partial charge is 0.0524 e. The van der Waals surface area contributed by atoms with Crippen LogP contribution in [0.1, 0.15) is 37.2 Å². The molecule has 0 radical (unpaired) electrons. The number of aryl methyl sites for hydroxylation is 1. The highest BCUT2D eigenvalue weighted by molar-refractivity contribution is 5.12. The molecular formula is C15H26N4. The Bertz CT molecular complexity index is 387. The zero-order chi connectivity index (χ0) is 13.1. The molecule has 3 heterocycles. The van der Waals surface area contributed by atoms with Gasteiger partial charge in [0, 0.05) is 19.8 Å². The van der Waals surface area contributed by atoms with Gasteiger partial charge in [-0.15, -0.1) is 0 Å². The second kappa shape index (κ2) is 6.06. The second-order valence-electron chi connectivity index (χ2n) is 6.22. The Morgan fingerprint density at radius 3 is 2.58 bits per heavy atom. The van der Waals surface area contributed by atoms with Crippen LogP contribution in [0.4, 0.5) is 0 Å². The van der Waals surface area contributed by atoms with Gasteiger partial charge in [0.05, 0.1) is 6.20 Å². The quantitative estimate of drug-likeness (QED) is 0.898. The van der Waals surface area contributed by atoms with Crippen molar-refractivity contribution in [1.82, 2.24) is 20.0 Å². The SMILES string of the molecule is Cn1cc(C2CCN(CC3CCNCC3)CC2)cn1. The van der Waals surface area contributed by atoms with Crippen LogP contribution in [0.3, 0.4) is 0 Å². The minimum atomic E-state index is 0.734.